The van der Waals surface area contributed by atoms with E-state index in [4.69, 9.17) is 14.2 Å². The fourth-order valence-electron chi connectivity index (χ4n) is 3.17. The van der Waals surface area contributed by atoms with Gasteiger partial charge in [0.1, 0.15) is 11.9 Å². The summed E-state index contributed by atoms with van der Waals surface area (Å²) in [5, 5.41) is 3.04. The Balaban J connectivity index is 1.55. The average Bonchev–Trinajstić information content (AvgIpc) is 3.01. The van der Waals surface area contributed by atoms with Crippen LogP contribution in [0.4, 0.5) is 5.69 Å². The first kappa shape index (κ1) is 16.3. The van der Waals surface area contributed by atoms with Crippen LogP contribution in [0.1, 0.15) is 32.1 Å². The summed E-state index contributed by atoms with van der Waals surface area (Å²) in [5.41, 5.74) is 0.570. The van der Waals surface area contributed by atoms with Gasteiger partial charge < -0.3 is 19.5 Å². The van der Waals surface area contributed by atoms with Crippen molar-refractivity contribution in [3.63, 3.8) is 0 Å². The number of hydrogen-bond acceptors (Lipinski definition) is 4. The van der Waals surface area contributed by atoms with Gasteiger partial charge in [0.05, 0.1) is 18.6 Å². The number of hydrogen-bond donors (Lipinski definition) is 1. The third-order valence-corrected chi connectivity index (χ3v) is 4.88. The highest BCUT2D eigenvalue weighted by atomic mass is 16.5. The first-order chi connectivity index (χ1) is 11.2. The van der Waals surface area contributed by atoms with Crippen LogP contribution in [0.15, 0.2) is 24.3 Å². The highest BCUT2D eigenvalue weighted by molar-refractivity contribution is 5.95. The molecule has 1 saturated carbocycles. The molecular weight excluding hydrogens is 294 g/mol. The van der Waals surface area contributed by atoms with Crippen molar-refractivity contribution in [1.82, 2.24) is 0 Å². The molecule has 0 radical (unpaired) electrons. The fraction of sp³-hybridized carbons (Fsp3) is 0.611. The second kappa shape index (κ2) is 7.32. The molecule has 126 valence electrons. The smallest absolute Gasteiger partial charge is 0.230 e. The molecule has 5 heteroatoms. The van der Waals surface area contributed by atoms with E-state index in [2.05, 4.69) is 5.32 Å². The van der Waals surface area contributed by atoms with E-state index >= 15 is 0 Å². The molecule has 1 unspecified atom stereocenters. The lowest BCUT2D eigenvalue weighted by atomic mass is 9.66. The van der Waals surface area contributed by atoms with Gasteiger partial charge in [-0.1, -0.05) is 6.42 Å². The van der Waals surface area contributed by atoms with Crippen molar-refractivity contribution < 1.29 is 19.0 Å². The zero-order valence-electron chi connectivity index (χ0n) is 13.7. The summed E-state index contributed by atoms with van der Waals surface area (Å²) in [4.78, 5) is 12.6. The zero-order valence-corrected chi connectivity index (χ0v) is 13.7. The van der Waals surface area contributed by atoms with E-state index in [-0.39, 0.29) is 17.4 Å². The van der Waals surface area contributed by atoms with Gasteiger partial charge in [0.15, 0.2) is 0 Å². The molecule has 1 aliphatic heterocycles. The van der Waals surface area contributed by atoms with Gasteiger partial charge in [-0.3, -0.25) is 4.79 Å². The second-order valence-corrected chi connectivity index (χ2v) is 6.46. The molecule has 1 heterocycles. The zero-order chi connectivity index (χ0) is 16.1. The Morgan fingerprint density at radius 3 is 2.70 bits per heavy atom. The molecular formula is C18H25NO4. The Morgan fingerprint density at radius 2 is 2.13 bits per heavy atom. The predicted octanol–water partition coefficient (Wildman–Crippen LogP) is 3.00. The Morgan fingerprint density at radius 1 is 1.35 bits per heavy atom. The lowest BCUT2D eigenvalue weighted by Gasteiger charge is -2.40. The molecule has 1 amide bonds. The van der Waals surface area contributed by atoms with Gasteiger partial charge in [-0.15, -0.1) is 0 Å². The molecule has 23 heavy (non-hydrogen) atoms. The standard InChI is InChI=1S/C18H25NO4/c1-21-12-10-18(8-2-9-18)17(20)19-14-3-5-15(6-4-14)23-16-7-11-22-13-16/h3-6,16H,2,7-13H2,1H3,(H,19,20). The van der Waals surface area contributed by atoms with E-state index in [1.54, 1.807) is 7.11 Å². The maximum atomic E-state index is 12.6. The van der Waals surface area contributed by atoms with Gasteiger partial charge in [0.2, 0.25) is 5.91 Å². The summed E-state index contributed by atoms with van der Waals surface area (Å²) in [7, 11) is 1.68. The monoisotopic (exact) mass is 319 g/mol. The summed E-state index contributed by atoms with van der Waals surface area (Å²) < 4.78 is 16.3. The summed E-state index contributed by atoms with van der Waals surface area (Å²) in [6, 6.07) is 7.59. The molecule has 2 fully saturated rings. The molecule has 1 aromatic rings. The molecule has 5 nitrogen and oxygen atoms in total. The van der Waals surface area contributed by atoms with Crippen molar-refractivity contribution in [3.05, 3.63) is 24.3 Å². The number of carbonyl (C=O) groups is 1. The number of methoxy groups -OCH3 is 1. The number of rotatable bonds is 7. The minimum atomic E-state index is -0.244. The third kappa shape index (κ3) is 3.85. The molecule has 1 N–H and O–H groups in total. The van der Waals surface area contributed by atoms with Gasteiger partial charge in [-0.2, -0.15) is 0 Å². The maximum absolute atomic E-state index is 12.6. The first-order valence-corrected chi connectivity index (χ1v) is 8.37. The molecule has 2 aliphatic rings. The van der Waals surface area contributed by atoms with Gasteiger partial charge in [-0.05, 0) is 43.5 Å². The summed E-state index contributed by atoms with van der Waals surface area (Å²) in [6.07, 6.45) is 4.88. The van der Waals surface area contributed by atoms with Crippen LogP contribution in [-0.2, 0) is 14.3 Å². The van der Waals surface area contributed by atoms with Crippen LogP contribution < -0.4 is 10.1 Å². The normalized spacial score (nSPS) is 22.4. The van der Waals surface area contributed by atoms with E-state index in [1.807, 2.05) is 24.3 Å². The molecule has 0 bridgehead atoms. The largest absolute Gasteiger partial charge is 0.488 e. The van der Waals surface area contributed by atoms with Crippen molar-refractivity contribution in [2.24, 2.45) is 5.41 Å². The van der Waals surface area contributed by atoms with Gasteiger partial charge in [-0.25, -0.2) is 0 Å². The van der Waals surface area contributed by atoms with Gasteiger partial charge >= 0.3 is 0 Å². The minimum absolute atomic E-state index is 0.110. The fourth-order valence-corrected chi connectivity index (χ4v) is 3.17. The number of benzene rings is 1. The Kier molecular flexibility index (Phi) is 5.18. The lowest BCUT2D eigenvalue weighted by molar-refractivity contribution is -0.131. The third-order valence-electron chi connectivity index (χ3n) is 4.88. The number of nitrogens with one attached hydrogen (secondary N) is 1. The average molecular weight is 319 g/mol. The van der Waals surface area contributed by atoms with Crippen LogP contribution in [0, 0.1) is 5.41 Å². The quantitative estimate of drug-likeness (QED) is 0.839. The van der Waals surface area contributed by atoms with Crippen molar-refractivity contribution >= 4 is 11.6 Å². The molecule has 1 aromatic carbocycles. The van der Waals surface area contributed by atoms with E-state index in [0.717, 1.165) is 50.1 Å². The second-order valence-electron chi connectivity index (χ2n) is 6.46. The van der Waals surface area contributed by atoms with Crippen LogP contribution in [0.5, 0.6) is 5.75 Å². The Hall–Kier alpha value is -1.59. The van der Waals surface area contributed by atoms with Crippen LogP contribution in [-0.4, -0.2) is 38.9 Å². The highest BCUT2D eigenvalue weighted by Gasteiger charge is 2.43. The molecule has 0 spiro atoms. The lowest BCUT2D eigenvalue weighted by Crippen LogP contribution is -2.42. The van der Waals surface area contributed by atoms with Crippen LogP contribution in [0.25, 0.3) is 0 Å². The number of carbonyl (C=O) groups excluding carboxylic acids is 1. The number of amides is 1. The van der Waals surface area contributed by atoms with E-state index in [9.17, 15) is 4.79 Å². The summed E-state index contributed by atoms with van der Waals surface area (Å²) in [6.45, 7) is 2.05. The number of anilines is 1. The summed E-state index contributed by atoms with van der Waals surface area (Å²) in [5.74, 6) is 0.926. The van der Waals surface area contributed by atoms with E-state index in [0.29, 0.717) is 13.2 Å². The predicted molar refractivity (Wildman–Crippen MR) is 87.7 cm³/mol. The number of ether oxygens (including phenoxy) is 3. The first-order valence-electron chi connectivity index (χ1n) is 8.37. The van der Waals surface area contributed by atoms with E-state index in [1.165, 1.54) is 0 Å². The van der Waals surface area contributed by atoms with Crippen molar-refractivity contribution in [1.29, 1.82) is 0 Å². The molecule has 0 aromatic heterocycles. The topological polar surface area (TPSA) is 56.8 Å². The van der Waals surface area contributed by atoms with Crippen LogP contribution >= 0.6 is 0 Å². The minimum Gasteiger partial charge on any atom is -0.488 e. The van der Waals surface area contributed by atoms with Crippen LogP contribution in [0.2, 0.25) is 0 Å². The Labute approximate surface area is 137 Å². The van der Waals surface area contributed by atoms with E-state index < -0.39 is 0 Å². The van der Waals surface area contributed by atoms with Crippen molar-refractivity contribution in [3.8, 4) is 5.75 Å². The highest BCUT2D eigenvalue weighted by Crippen LogP contribution is 2.44. The van der Waals surface area contributed by atoms with Gasteiger partial charge in [0, 0.05) is 25.8 Å². The Bertz CT molecular complexity index is 518. The SMILES string of the molecule is COCCC1(C(=O)Nc2ccc(OC3CCOC3)cc2)CCC1. The van der Waals surface area contributed by atoms with Crippen LogP contribution in [0.3, 0.4) is 0 Å². The molecule has 1 aliphatic carbocycles. The maximum Gasteiger partial charge on any atom is 0.230 e. The van der Waals surface area contributed by atoms with Gasteiger partial charge in [0.25, 0.3) is 0 Å². The molecule has 3 rings (SSSR count). The van der Waals surface area contributed by atoms with Crippen molar-refractivity contribution in [2.75, 3.05) is 32.2 Å². The van der Waals surface area contributed by atoms with Crippen molar-refractivity contribution in [2.45, 2.75) is 38.2 Å². The molecule has 1 saturated heterocycles. The molecule has 1 atom stereocenters. The summed E-state index contributed by atoms with van der Waals surface area (Å²) >= 11 is 0.